The lowest BCUT2D eigenvalue weighted by Gasteiger charge is -1.95. The van der Waals surface area contributed by atoms with Crippen LogP contribution in [0.5, 0.6) is 0 Å². The maximum absolute atomic E-state index is 2.22. The second kappa shape index (κ2) is 2.12. The number of rotatable bonds is 1. The quantitative estimate of drug-likeness (QED) is 0.549. The fourth-order valence-corrected chi connectivity index (χ4v) is 1.14. The van der Waals surface area contributed by atoms with Gasteiger partial charge in [0.2, 0.25) is 0 Å². The summed E-state index contributed by atoms with van der Waals surface area (Å²) in [6, 6.07) is 8.80. The van der Waals surface area contributed by atoms with Gasteiger partial charge in [-0.25, -0.2) is 0 Å². The Bertz CT molecular complexity index is 216. The lowest BCUT2D eigenvalue weighted by atomic mass is 10.1. The molecule has 1 aliphatic rings. The summed E-state index contributed by atoms with van der Waals surface area (Å²) in [5.41, 5.74) is 2.80. The predicted octanol–water partition coefficient (Wildman–Crippen LogP) is 2.71. The van der Waals surface area contributed by atoms with Gasteiger partial charge in [0.15, 0.2) is 0 Å². The molecule has 51 valence electrons. The summed E-state index contributed by atoms with van der Waals surface area (Å²) in [6.45, 7) is 2.13. The van der Waals surface area contributed by atoms with E-state index in [-0.39, 0.29) is 0 Å². The van der Waals surface area contributed by atoms with Crippen molar-refractivity contribution in [3.8, 4) is 0 Å². The standard InChI is InChI=1S/C10H11/c1-8-2-4-9(5-3-8)10-6-7-10/h2-5H,6-7H2,1H3. The van der Waals surface area contributed by atoms with Gasteiger partial charge in [0.25, 0.3) is 0 Å². The van der Waals surface area contributed by atoms with Gasteiger partial charge in [-0.3, -0.25) is 0 Å². The topological polar surface area (TPSA) is 0 Å². The first kappa shape index (κ1) is 5.96. The minimum Gasteiger partial charge on any atom is -0.0590 e. The SMILES string of the molecule is Cc1ccc([C]2CC2)cc1. The molecule has 0 heterocycles. The van der Waals surface area contributed by atoms with E-state index in [9.17, 15) is 0 Å². The zero-order valence-corrected chi connectivity index (χ0v) is 6.22. The molecule has 1 radical (unpaired) electrons. The number of aryl methyl sites for hydroxylation is 1. The van der Waals surface area contributed by atoms with E-state index in [0.717, 1.165) is 0 Å². The Hall–Kier alpha value is -0.780. The smallest absolute Gasteiger partial charge is 0.00504 e. The molecule has 0 atom stereocenters. The third kappa shape index (κ3) is 1.06. The summed E-state index contributed by atoms with van der Waals surface area (Å²) in [5, 5.41) is 0. The van der Waals surface area contributed by atoms with E-state index in [1.807, 2.05) is 0 Å². The Morgan fingerprint density at radius 1 is 1.00 bits per heavy atom. The minimum atomic E-state index is 1.32. The molecule has 10 heavy (non-hydrogen) atoms. The van der Waals surface area contributed by atoms with Crippen LogP contribution in [0, 0.1) is 12.8 Å². The highest BCUT2D eigenvalue weighted by atomic mass is 14.3. The molecule has 0 aliphatic heterocycles. The highest BCUT2D eigenvalue weighted by Gasteiger charge is 2.23. The molecule has 1 aliphatic carbocycles. The molecule has 0 spiro atoms. The molecule has 1 aromatic rings. The molecule has 0 bridgehead atoms. The van der Waals surface area contributed by atoms with Crippen molar-refractivity contribution in [3.05, 3.63) is 41.3 Å². The fourth-order valence-electron chi connectivity index (χ4n) is 1.14. The first-order chi connectivity index (χ1) is 4.86. The van der Waals surface area contributed by atoms with Crippen LogP contribution < -0.4 is 0 Å². The second-order valence-corrected chi connectivity index (χ2v) is 2.97. The van der Waals surface area contributed by atoms with E-state index in [1.165, 1.54) is 24.0 Å². The Morgan fingerprint density at radius 2 is 1.60 bits per heavy atom. The normalized spacial score (nSPS) is 17.3. The van der Waals surface area contributed by atoms with Crippen LogP contribution in [0.4, 0.5) is 0 Å². The van der Waals surface area contributed by atoms with Gasteiger partial charge < -0.3 is 0 Å². The third-order valence-electron chi connectivity index (χ3n) is 1.96. The van der Waals surface area contributed by atoms with Crippen LogP contribution in [0.15, 0.2) is 24.3 Å². The maximum Gasteiger partial charge on any atom is 0.00504 e. The number of benzene rings is 1. The van der Waals surface area contributed by atoms with Crippen LogP contribution in [0.25, 0.3) is 0 Å². The molecule has 0 nitrogen and oxygen atoms in total. The van der Waals surface area contributed by atoms with Gasteiger partial charge in [0, 0.05) is 5.92 Å². The van der Waals surface area contributed by atoms with E-state index in [2.05, 4.69) is 31.2 Å². The zero-order valence-electron chi connectivity index (χ0n) is 6.22. The fraction of sp³-hybridized carbons (Fsp3) is 0.300. The predicted molar refractivity (Wildman–Crippen MR) is 42.8 cm³/mol. The Morgan fingerprint density at radius 3 is 2.10 bits per heavy atom. The molecule has 1 aromatic carbocycles. The highest BCUT2D eigenvalue weighted by Crippen LogP contribution is 2.38. The molecular formula is C10H11. The zero-order chi connectivity index (χ0) is 6.97. The van der Waals surface area contributed by atoms with Crippen molar-refractivity contribution < 1.29 is 0 Å². The van der Waals surface area contributed by atoms with E-state index >= 15 is 0 Å². The molecular weight excluding hydrogens is 120 g/mol. The summed E-state index contributed by atoms with van der Waals surface area (Å²) in [7, 11) is 0. The molecule has 0 amide bonds. The molecule has 0 N–H and O–H groups in total. The van der Waals surface area contributed by atoms with Crippen LogP contribution in [0.1, 0.15) is 24.0 Å². The molecule has 0 heteroatoms. The second-order valence-electron chi connectivity index (χ2n) is 2.97. The Kier molecular flexibility index (Phi) is 1.26. The molecule has 0 unspecified atom stereocenters. The summed E-state index contributed by atoms with van der Waals surface area (Å²) in [5.74, 6) is 1.63. The summed E-state index contributed by atoms with van der Waals surface area (Å²) >= 11 is 0. The third-order valence-corrected chi connectivity index (χ3v) is 1.96. The summed E-state index contributed by atoms with van der Waals surface area (Å²) in [4.78, 5) is 0. The average molecular weight is 131 g/mol. The van der Waals surface area contributed by atoms with Gasteiger partial charge in [-0.1, -0.05) is 29.8 Å². The van der Waals surface area contributed by atoms with E-state index in [0.29, 0.717) is 0 Å². The average Bonchev–Trinajstić information content (AvgIpc) is 2.71. The molecule has 0 aromatic heterocycles. The van der Waals surface area contributed by atoms with Crippen LogP contribution in [0.2, 0.25) is 0 Å². The summed E-state index contributed by atoms with van der Waals surface area (Å²) < 4.78 is 0. The Balaban J connectivity index is 2.28. The highest BCUT2D eigenvalue weighted by molar-refractivity contribution is 5.38. The van der Waals surface area contributed by atoms with E-state index < -0.39 is 0 Å². The minimum absolute atomic E-state index is 1.32. The van der Waals surface area contributed by atoms with Gasteiger partial charge >= 0.3 is 0 Å². The van der Waals surface area contributed by atoms with Crippen LogP contribution >= 0.6 is 0 Å². The van der Waals surface area contributed by atoms with Crippen molar-refractivity contribution >= 4 is 0 Å². The van der Waals surface area contributed by atoms with Gasteiger partial charge in [0.1, 0.15) is 0 Å². The van der Waals surface area contributed by atoms with Crippen molar-refractivity contribution in [2.24, 2.45) is 0 Å². The van der Waals surface area contributed by atoms with Gasteiger partial charge in [-0.05, 0) is 25.3 Å². The monoisotopic (exact) mass is 131 g/mol. The van der Waals surface area contributed by atoms with Crippen LogP contribution in [-0.2, 0) is 0 Å². The lowest BCUT2D eigenvalue weighted by molar-refractivity contribution is 1.37. The van der Waals surface area contributed by atoms with E-state index in [4.69, 9.17) is 0 Å². The number of hydrogen-bond acceptors (Lipinski definition) is 0. The van der Waals surface area contributed by atoms with Gasteiger partial charge in [-0.2, -0.15) is 0 Å². The first-order valence-electron chi connectivity index (χ1n) is 3.78. The molecule has 1 saturated carbocycles. The van der Waals surface area contributed by atoms with Crippen molar-refractivity contribution in [2.75, 3.05) is 0 Å². The van der Waals surface area contributed by atoms with E-state index in [1.54, 1.807) is 5.92 Å². The van der Waals surface area contributed by atoms with Crippen molar-refractivity contribution in [1.82, 2.24) is 0 Å². The number of hydrogen-bond donors (Lipinski definition) is 0. The van der Waals surface area contributed by atoms with Crippen molar-refractivity contribution in [3.63, 3.8) is 0 Å². The maximum atomic E-state index is 2.22. The van der Waals surface area contributed by atoms with Gasteiger partial charge in [-0.15, -0.1) is 0 Å². The molecule has 0 saturated heterocycles. The van der Waals surface area contributed by atoms with Crippen LogP contribution in [0.3, 0.4) is 0 Å². The van der Waals surface area contributed by atoms with Gasteiger partial charge in [0.05, 0.1) is 0 Å². The van der Waals surface area contributed by atoms with Crippen molar-refractivity contribution in [1.29, 1.82) is 0 Å². The van der Waals surface area contributed by atoms with Crippen molar-refractivity contribution in [2.45, 2.75) is 19.8 Å². The largest absolute Gasteiger partial charge is 0.0590 e. The molecule has 1 fully saturated rings. The Labute approximate surface area is 61.9 Å². The molecule has 2 rings (SSSR count). The summed E-state index contributed by atoms with van der Waals surface area (Å²) in [6.07, 6.45) is 2.64. The lowest BCUT2D eigenvalue weighted by Crippen LogP contribution is -1.78. The first-order valence-corrected chi connectivity index (χ1v) is 3.78. The van der Waals surface area contributed by atoms with Crippen LogP contribution in [-0.4, -0.2) is 0 Å².